The van der Waals surface area contributed by atoms with Crippen LogP contribution in [0.15, 0.2) is 30.5 Å². The summed E-state index contributed by atoms with van der Waals surface area (Å²) in [6.07, 6.45) is 1.73. The van der Waals surface area contributed by atoms with Crippen molar-refractivity contribution >= 4 is 11.6 Å². The summed E-state index contributed by atoms with van der Waals surface area (Å²) in [4.78, 5) is 0. The first-order chi connectivity index (χ1) is 6.27. The smallest absolute Gasteiger partial charge is 0.132 e. The molecule has 0 radical (unpaired) electrons. The molecule has 0 aliphatic rings. The number of halogens is 1. The molecule has 1 aromatic carbocycles. The number of H-pyrrole nitrogens is 1. The van der Waals surface area contributed by atoms with E-state index in [4.69, 9.17) is 11.6 Å². The summed E-state index contributed by atoms with van der Waals surface area (Å²) in [7, 11) is 0. The number of nitrogens with one attached hydrogen (secondary N) is 1. The Labute approximate surface area is 81.6 Å². The molecular formula is C10H9ClN2. The third-order valence-corrected chi connectivity index (χ3v) is 2.24. The van der Waals surface area contributed by atoms with Crippen molar-refractivity contribution in [1.29, 1.82) is 0 Å². The SMILES string of the molecule is Cc1ccc(-c2cn[nH]c2Cl)cc1. The fourth-order valence-corrected chi connectivity index (χ4v) is 1.41. The molecule has 0 atom stereocenters. The Kier molecular flexibility index (Phi) is 2.07. The Bertz CT molecular complexity index is 403. The minimum Gasteiger partial charge on any atom is -0.267 e. The van der Waals surface area contributed by atoms with Gasteiger partial charge in [0.25, 0.3) is 0 Å². The van der Waals surface area contributed by atoms with Crippen molar-refractivity contribution in [2.45, 2.75) is 6.92 Å². The highest BCUT2D eigenvalue weighted by atomic mass is 35.5. The van der Waals surface area contributed by atoms with E-state index in [0.29, 0.717) is 5.15 Å². The lowest BCUT2D eigenvalue weighted by Crippen LogP contribution is -1.76. The lowest BCUT2D eigenvalue weighted by molar-refractivity contribution is 1.09. The van der Waals surface area contributed by atoms with Crippen molar-refractivity contribution in [2.75, 3.05) is 0 Å². The predicted octanol–water partition coefficient (Wildman–Crippen LogP) is 3.04. The molecule has 3 heteroatoms. The van der Waals surface area contributed by atoms with Crippen molar-refractivity contribution < 1.29 is 0 Å². The van der Waals surface area contributed by atoms with Gasteiger partial charge in [-0.15, -0.1) is 0 Å². The third kappa shape index (κ3) is 1.58. The largest absolute Gasteiger partial charge is 0.267 e. The van der Waals surface area contributed by atoms with Gasteiger partial charge in [0.1, 0.15) is 5.15 Å². The second-order valence-corrected chi connectivity index (χ2v) is 3.34. The zero-order valence-corrected chi connectivity index (χ0v) is 7.97. The Morgan fingerprint density at radius 2 is 1.92 bits per heavy atom. The molecule has 1 N–H and O–H groups in total. The summed E-state index contributed by atoms with van der Waals surface area (Å²) in [5.74, 6) is 0. The van der Waals surface area contributed by atoms with Gasteiger partial charge in [-0.05, 0) is 12.5 Å². The van der Waals surface area contributed by atoms with Gasteiger partial charge in [-0.3, -0.25) is 5.10 Å². The minimum atomic E-state index is 0.587. The van der Waals surface area contributed by atoms with E-state index in [1.807, 2.05) is 12.1 Å². The molecule has 0 unspecified atom stereocenters. The van der Waals surface area contributed by atoms with Crippen molar-refractivity contribution in [3.05, 3.63) is 41.2 Å². The molecule has 66 valence electrons. The molecule has 2 aromatic rings. The van der Waals surface area contributed by atoms with Crippen LogP contribution >= 0.6 is 11.6 Å². The second kappa shape index (κ2) is 3.23. The predicted molar refractivity (Wildman–Crippen MR) is 53.8 cm³/mol. The molecule has 1 aromatic heterocycles. The standard InChI is InChI=1S/C10H9ClN2/c1-7-2-4-8(5-3-7)9-6-12-13-10(9)11/h2-6H,1H3,(H,12,13). The van der Waals surface area contributed by atoms with E-state index in [0.717, 1.165) is 11.1 Å². The van der Waals surface area contributed by atoms with Crippen LogP contribution in [0.2, 0.25) is 5.15 Å². The number of nitrogens with zero attached hydrogens (tertiary/aromatic N) is 1. The van der Waals surface area contributed by atoms with Gasteiger partial charge in [0.15, 0.2) is 0 Å². The molecule has 2 nitrogen and oxygen atoms in total. The fraction of sp³-hybridized carbons (Fsp3) is 0.100. The van der Waals surface area contributed by atoms with Gasteiger partial charge in [-0.25, -0.2) is 0 Å². The number of aryl methyl sites for hydroxylation is 1. The van der Waals surface area contributed by atoms with Gasteiger partial charge in [0.05, 0.1) is 6.20 Å². The number of rotatable bonds is 1. The number of aromatic nitrogens is 2. The van der Waals surface area contributed by atoms with Gasteiger partial charge in [0, 0.05) is 5.56 Å². The maximum Gasteiger partial charge on any atom is 0.132 e. The number of hydrogen-bond donors (Lipinski definition) is 1. The molecule has 0 aliphatic heterocycles. The minimum absolute atomic E-state index is 0.587. The molecule has 1 heterocycles. The summed E-state index contributed by atoms with van der Waals surface area (Å²) in [5, 5.41) is 7.15. The van der Waals surface area contributed by atoms with Crippen LogP contribution in [0.3, 0.4) is 0 Å². The molecule has 0 saturated heterocycles. The monoisotopic (exact) mass is 192 g/mol. The average molecular weight is 193 g/mol. The normalized spacial score (nSPS) is 10.3. The second-order valence-electron chi connectivity index (χ2n) is 2.96. The van der Waals surface area contributed by atoms with Gasteiger partial charge < -0.3 is 0 Å². The van der Waals surface area contributed by atoms with E-state index in [1.54, 1.807) is 6.20 Å². The van der Waals surface area contributed by atoms with Crippen LogP contribution in [0.5, 0.6) is 0 Å². The Morgan fingerprint density at radius 3 is 2.46 bits per heavy atom. The van der Waals surface area contributed by atoms with Crippen molar-refractivity contribution in [3.8, 4) is 11.1 Å². The third-order valence-electron chi connectivity index (χ3n) is 1.96. The quantitative estimate of drug-likeness (QED) is 0.739. The van der Waals surface area contributed by atoms with Gasteiger partial charge in [0.2, 0.25) is 0 Å². The summed E-state index contributed by atoms with van der Waals surface area (Å²) in [5.41, 5.74) is 3.27. The van der Waals surface area contributed by atoms with Crippen LogP contribution in [0.1, 0.15) is 5.56 Å². The van der Waals surface area contributed by atoms with E-state index in [-0.39, 0.29) is 0 Å². The first-order valence-electron chi connectivity index (χ1n) is 4.03. The Hall–Kier alpha value is -1.28. The van der Waals surface area contributed by atoms with E-state index in [9.17, 15) is 0 Å². The lowest BCUT2D eigenvalue weighted by Gasteiger charge is -1.98. The topological polar surface area (TPSA) is 28.7 Å². The van der Waals surface area contributed by atoms with Crippen molar-refractivity contribution in [1.82, 2.24) is 10.2 Å². The summed E-state index contributed by atoms with van der Waals surface area (Å²) in [6, 6.07) is 8.18. The summed E-state index contributed by atoms with van der Waals surface area (Å²) >= 11 is 5.90. The van der Waals surface area contributed by atoms with Gasteiger partial charge in [-0.2, -0.15) is 5.10 Å². The van der Waals surface area contributed by atoms with Crippen LogP contribution in [0.25, 0.3) is 11.1 Å². The highest BCUT2D eigenvalue weighted by Gasteiger charge is 2.03. The number of benzene rings is 1. The average Bonchev–Trinajstić information content (AvgIpc) is 2.53. The van der Waals surface area contributed by atoms with Gasteiger partial charge >= 0.3 is 0 Å². The fourth-order valence-electron chi connectivity index (χ4n) is 1.20. The zero-order valence-electron chi connectivity index (χ0n) is 7.21. The van der Waals surface area contributed by atoms with Crippen LogP contribution in [0, 0.1) is 6.92 Å². The van der Waals surface area contributed by atoms with E-state index < -0.39 is 0 Å². The zero-order chi connectivity index (χ0) is 9.26. The molecule has 2 rings (SSSR count). The maximum absolute atomic E-state index is 5.90. The molecule has 0 spiro atoms. The van der Waals surface area contributed by atoms with E-state index >= 15 is 0 Å². The van der Waals surface area contributed by atoms with Gasteiger partial charge in [-0.1, -0.05) is 41.4 Å². The maximum atomic E-state index is 5.90. The molecule has 0 fully saturated rings. The molecule has 0 aliphatic carbocycles. The van der Waals surface area contributed by atoms with Crippen LogP contribution in [-0.4, -0.2) is 10.2 Å². The number of aromatic amines is 1. The van der Waals surface area contributed by atoms with E-state index in [2.05, 4.69) is 29.3 Å². The highest BCUT2D eigenvalue weighted by Crippen LogP contribution is 2.25. The van der Waals surface area contributed by atoms with Crippen molar-refractivity contribution in [3.63, 3.8) is 0 Å². The number of hydrogen-bond acceptors (Lipinski definition) is 1. The molecule has 0 bridgehead atoms. The molecule has 13 heavy (non-hydrogen) atoms. The van der Waals surface area contributed by atoms with Crippen LogP contribution < -0.4 is 0 Å². The van der Waals surface area contributed by atoms with E-state index in [1.165, 1.54) is 5.56 Å². The summed E-state index contributed by atoms with van der Waals surface area (Å²) in [6.45, 7) is 2.06. The van der Waals surface area contributed by atoms with Crippen LogP contribution in [0.4, 0.5) is 0 Å². The summed E-state index contributed by atoms with van der Waals surface area (Å²) < 4.78 is 0. The molecular weight excluding hydrogens is 184 g/mol. The van der Waals surface area contributed by atoms with Crippen molar-refractivity contribution in [2.24, 2.45) is 0 Å². The Balaban J connectivity index is 2.47. The Morgan fingerprint density at radius 1 is 1.23 bits per heavy atom. The lowest BCUT2D eigenvalue weighted by atomic mass is 10.1. The first-order valence-corrected chi connectivity index (χ1v) is 4.41. The van der Waals surface area contributed by atoms with Crippen LogP contribution in [-0.2, 0) is 0 Å². The molecule has 0 saturated carbocycles. The first kappa shape index (κ1) is 8.32. The highest BCUT2D eigenvalue weighted by molar-refractivity contribution is 6.32. The molecule has 0 amide bonds.